The van der Waals surface area contributed by atoms with Gasteiger partial charge in [0, 0.05) is 18.3 Å². The van der Waals surface area contributed by atoms with Crippen molar-refractivity contribution in [3.63, 3.8) is 0 Å². The van der Waals surface area contributed by atoms with Crippen LogP contribution in [0.15, 0.2) is 22.9 Å². The second kappa shape index (κ2) is 4.75. The minimum absolute atomic E-state index is 0.194. The van der Waals surface area contributed by atoms with Crippen molar-refractivity contribution in [1.29, 1.82) is 0 Å². The van der Waals surface area contributed by atoms with Crippen molar-refractivity contribution >= 4 is 22.3 Å². The number of pyridine rings is 1. The molecule has 1 amide bonds. The zero-order chi connectivity index (χ0) is 10.7. The number of likely N-dealkylation sites (tertiary alicyclic amines) is 1. The molecule has 15 heavy (non-hydrogen) atoms. The molecule has 2 rings (SSSR count). The van der Waals surface area contributed by atoms with Crippen LogP contribution in [0, 0.1) is 0 Å². The number of carbonyl (C=O) groups is 1. The first-order chi connectivity index (χ1) is 7.33. The third-order valence-electron chi connectivity index (χ3n) is 2.83. The van der Waals surface area contributed by atoms with Gasteiger partial charge < -0.3 is 4.90 Å². The summed E-state index contributed by atoms with van der Waals surface area (Å²) in [5.41, 5.74) is 1.12. The molecule has 0 unspecified atom stereocenters. The van der Waals surface area contributed by atoms with Gasteiger partial charge in [-0.25, -0.2) is 4.98 Å². The van der Waals surface area contributed by atoms with Gasteiger partial charge in [0.2, 0.25) is 6.41 Å². The number of hydrogen-bond acceptors (Lipinski definition) is 2. The molecule has 0 spiro atoms. The molecule has 0 aromatic carbocycles. The maximum Gasteiger partial charge on any atom is 0.210 e. The molecule has 1 atom stereocenters. The van der Waals surface area contributed by atoms with Crippen LogP contribution in [0.5, 0.6) is 0 Å². The molecule has 3 nitrogen and oxygen atoms in total. The van der Waals surface area contributed by atoms with Gasteiger partial charge in [0.15, 0.2) is 0 Å². The molecule has 0 N–H and O–H groups in total. The summed E-state index contributed by atoms with van der Waals surface area (Å²) < 4.78 is 0.851. The van der Waals surface area contributed by atoms with Gasteiger partial charge in [-0.2, -0.15) is 0 Å². The molecular weight excluding hydrogens is 256 g/mol. The molecule has 1 fully saturated rings. The van der Waals surface area contributed by atoms with Crippen molar-refractivity contribution in [3.8, 4) is 0 Å². The number of piperidine rings is 1. The largest absolute Gasteiger partial charge is 0.338 e. The molecule has 0 bridgehead atoms. The minimum Gasteiger partial charge on any atom is -0.338 e. The molecule has 0 radical (unpaired) electrons. The third kappa shape index (κ3) is 2.20. The topological polar surface area (TPSA) is 33.2 Å². The van der Waals surface area contributed by atoms with E-state index in [4.69, 9.17) is 0 Å². The number of aromatic nitrogens is 1. The number of rotatable bonds is 2. The Morgan fingerprint density at radius 1 is 1.53 bits per heavy atom. The molecule has 2 heterocycles. The molecule has 1 aromatic rings. The SMILES string of the molecule is O=CN1CCCC[C@H]1c1cccnc1Br. The minimum atomic E-state index is 0.194. The second-order valence-electron chi connectivity index (χ2n) is 3.74. The molecule has 80 valence electrons. The number of nitrogens with zero attached hydrogens (tertiary/aromatic N) is 2. The fourth-order valence-corrected chi connectivity index (χ4v) is 2.58. The van der Waals surface area contributed by atoms with Crippen LogP contribution in [0.2, 0.25) is 0 Å². The summed E-state index contributed by atoms with van der Waals surface area (Å²) in [5, 5.41) is 0. The number of hydrogen-bond donors (Lipinski definition) is 0. The molecule has 1 aliphatic rings. The molecular formula is C11H13BrN2O. The van der Waals surface area contributed by atoms with Gasteiger partial charge in [-0.1, -0.05) is 6.07 Å². The highest BCUT2D eigenvalue weighted by molar-refractivity contribution is 9.10. The highest BCUT2D eigenvalue weighted by Gasteiger charge is 2.24. The molecule has 1 aromatic heterocycles. The Hall–Kier alpha value is -0.900. The van der Waals surface area contributed by atoms with Crippen molar-refractivity contribution in [3.05, 3.63) is 28.5 Å². The van der Waals surface area contributed by atoms with Crippen LogP contribution in [0.1, 0.15) is 30.9 Å². The third-order valence-corrected chi connectivity index (χ3v) is 3.49. The van der Waals surface area contributed by atoms with Gasteiger partial charge in [0.05, 0.1) is 6.04 Å². The predicted molar refractivity (Wildman–Crippen MR) is 61.3 cm³/mol. The van der Waals surface area contributed by atoms with Gasteiger partial charge in [0.1, 0.15) is 4.60 Å². The normalized spacial score (nSPS) is 21.4. The quantitative estimate of drug-likeness (QED) is 0.610. The highest BCUT2D eigenvalue weighted by Crippen LogP contribution is 2.32. The Balaban J connectivity index is 2.28. The van der Waals surface area contributed by atoms with Crippen molar-refractivity contribution < 1.29 is 4.79 Å². The zero-order valence-corrected chi connectivity index (χ0v) is 9.98. The highest BCUT2D eigenvalue weighted by atomic mass is 79.9. The average Bonchev–Trinajstić information content (AvgIpc) is 2.30. The van der Waals surface area contributed by atoms with E-state index in [0.717, 1.165) is 36.0 Å². The molecule has 4 heteroatoms. The first-order valence-corrected chi connectivity index (χ1v) is 5.93. The molecule has 1 saturated heterocycles. The summed E-state index contributed by atoms with van der Waals surface area (Å²) in [6.07, 6.45) is 6.01. The monoisotopic (exact) mass is 268 g/mol. The van der Waals surface area contributed by atoms with Gasteiger partial charge in [-0.15, -0.1) is 0 Å². The van der Waals surface area contributed by atoms with Crippen LogP contribution in [0.3, 0.4) is 0 Å². The standard InChI is InChI=1S/C11H13BrN2O/c12-11-9(4-3-6-13-11)10-5-1-2-7-14(10)8-15/h3-4,6,8,10H,1-2,5,7H2/t10-/m0/s1. The van der Waals surface area contributed by atoms with E-state index < -0.39 is 0 Å². The first kappa shape index (κ1) is 10.6. The molecule has 0 aliphatic carbocycles. The van der Waals surface area contributed by atoms with Crippen LogP contribution in [0.25, 0.3) is 0 Å². The Labute approximate surface area is 97.6 Å². The van der Waals surface area contributed by atoms with Crippen molar-refractivity contribution in [2.45, 2.75) is 25.3 Å². The second-order valence-corrected chi connectivity index (χ2v) is 4.49. The lowest BCUT2D eigenvalue weighted by Crippen LogP contribution is -2.32. The van der Waals surface area contributed by atoms with Crippen molar-refractivity contribution in [1.82, 2.24) is 9.88 Å². The summed E-state index contributed by atoms with van der Waals surface area (Å²) in [6.45, 7) is 0.857. The summed E-state index contributed by atoms with van der Waals surface area (Å²) in [5.74, 6) is 0. The van der Waals surface area contributed by atoms with Gasteiger partial charge in [-0.3, -0.25) is 4.79 Å². The van der Waals surface area contributed by atoms with Gasteiger partial charge >= 0.3 is 0 Å². The lowest BCUT2D eigenvalue weighted by Gasteiger charge is -2.33. The van der Waals surface area contributed by atoms with Crippen LogP contribution < -0.4 is 0 Å². The van der Waals surface area contributed by atoms with Crippen LogP contribution in [-0.4, -0.2) is 22.8 Å². The van der Waals surface area contributed by atoms with Crippen molar-refractivity contribution in [2.75, 3.05) is 6.54 Å². The van der Waals surface area contributed by atoms with E-state index in [-0.39, 0.29) is 6.04 Å². The van der Waals surface area contributed by atoms with Crippen LogP contribution in [0.4, 0.5) is 0 Å². The predicted octanol–water partition coefficient (Wildman–Crippen LogP) is 2.53. The smallest absolute Gasteiger partial charge is 0.210 e. The zero-order valence-electron chi connectivity index (χ0n) is 8.40. The Kier molecular flexibility index (Phi) is 3.36. The van der Waals surface area contributed by atoms with E-state index in [0.29, 0.717) is 0 Å². The lowest BCUT2D eigenvalue weighted by atomic mass is 9.97. The van der Waals surface area contributed by atoms with E-state index in [9.17, 15) is 4.79 Å². The van der Waals surface area contributed by atoms with E-state index >= 15 is 0 Å². The Morgan fingerprint density at radius 3 is 3.13 bits per heavy atom. The summed E-state index contributed by atoms with van der Waals surface area (Å²) in [6, 6.07) is 4.14. The fraction of sp³-hybridized carbons (Fsp3) is 0.455. The maximum atomic E-state index is 10.9. The van der Waals surface area contributed by atoms with E-state index in [1.165, 1.54) is 6.42 Å². The molecule has 0 saturated carbocycles. The molecule has 1 aliphatic heterocycles. The number of halogens is 1. The van der Waals surface area contributed by atoms with E-state index in [2.05, 4.69) is 20.9 Å². The van der Waals surface area contributed by atoms with Gasteiger partial charge in [-0.05, 0) is 41.3 Å². The summed E-state index contributed by atoms with van der Waals surface area (Å²) in [4.78, 5) is 17.0. The van der Waals surface area contributed by atoms with E-state index in [1.54, 1.807) is 6.20 Å². The van der Waals surface area contributed by atoms with Crippen molar-refractivity contribution in [2.24, 2.45) is 0 Å². The summed E-state index contributed by atoms with van der Waals surface area (Å²) >= 11 is 3.43. The lowest BCUT2D eigenvalue weighted by molar-refractivity contribution is -0.121. The Morgan fingerprint density at radius 2 is 2.40 bits per heavy atom. The summed E-state index contributed by atoms with van der Waals surface area (Å²) in [7, 11) is 0. The van der Waals surface area contributed by atoms with Crippen LogP contribution >= 0.6 is 15.9 Å². The Bertz CT molecular complexity index is 356. The number of carbonyl (C=O) groups excluding carboxylic acids is 1. The van der Waals surface area contributed by atoms with Gasteiger partial charge in [0.25, 0.3) is 0 Å². The first-order valence-electron chi connectivity index (χ1n) is 5.14. The maximum absolute atomic E-state index is 10.9. The average molecular weight is 269 g/mol. The van der Waals surface area contributed by atoms with E-state index in [1.807, 2.05) is 17.0 Å². The number of amides is 1. The van der Waals surface area contributed by atoms with Crippen LogP contribution in [-0.2, 0) is 4.79 Å². The fourth-order valence-electron chi connectivity index (χ4n) is 2.06.